The van der Waals surface area contributed by atoms with Crippen molar-refractivity contribution in [3.63, 3.8) is 0 Å². The topological polar surface area (TPSA) is 51.1 Å². The van der Waals surface area contributed by atoms with Crippen LogP contribution >= 0.6 is 27.5 Å². The fraction of sp³-hybridized carbons (Fsp3) is 0.0833. The average molecular weight is 496 g/mol. The molecule has 2 aliphatic rings. The highest BCUT2D eigenvalue weighted by molar-refractivity contribution is 9.10. The Balaban J connectivity index is 1.62. The van der Waals surface area contributed by atoms with Gasteiger partial charge in [-0.25, -0.2) is 4.99 Å². The number of carbonyl (C=O) groups excluding carboxylic acids is 1. The van der Waals surface area contributed by atoms with Crippen LogP contribution in [0.4, 0.5) is 5.69 Å². The second-order valence-corrected chi connectivity index (χ2v) is 8.43. The first-order chi connectivity index (χ1) is 15.0. The van der Waals surface area contributed by atoms with Crippen LogP contribution in [0.2, 0.25) is 5.02 Å². The fourth-order valence-corrected chi connectivity index (χ4v) is 3.97. The van der Waals surface area contributed by atoms with E-state index in [0.29, 0.717) is 33.7 Å². The third-order valence-electron chi connectivity index (χ3n) is 5.14. The van der Waals surface area contributed by atoms with Gasteiger partial charge in [0.15, 0.2) is 11.5 Å². The van der Waals surface area contributed by atoms with Gasteiger partial charge >= 0.3 is 0 Å². The monoisotopic (exact) mass is 494 g/mol. The number of halogens is 2. The molecule has 2 aliphatic heterocycles. The minimum atomic E-state index is -0.221. The molecule has 0 aromatic heterocycles. The Morgan fingerprint density at radius 3 is 2.65 bits per heavy atom. The third-order valence-corrected chi connectivity index (χ3v) is 6.08. The highest BCUT2D eigenvalue weighted by Crippen LogP contribution is 2.35. The quantitative estimate of drug-likeness (QED) is 0.420. The molecule has 0 radical (unpaired) electrons. The van der Waals surface area contributed by atoms with Crippen molar-refractivity contribution in [1.82, 2.24) is 0 Å². The number of benzene rings is 3. The van der Waals surface area contributed by atoms with Crippen molar-refractivity contribution >= 4 is 51.0 Å². The van der Waals surface area contributed by atoms with Gasteiger partial charge in [-0.3, -0.25) is 9.69 Å². The molecular weight excluding hydrogens is 480 g/mol. The molecule has 3 aromatic carbocycles. The number of aliphatic imine (C=N–C) groups is 1. The normalized spacial score (nSPS) is 16.2. The Morgan fingerprint density at radius 2 is 1.84 bits per heavy atom. The molecule has 31 heavy (non-hydrogen) atoms. The van der Waals surface area contributed by atoms with Crippen molar-refractivity contribution in [3.8, 4) is 11.5 Å². The number of ether oxygens (including phenoxy) is 2. The molecule has 0 saturated carbocycles. The number of amidine groups is 1. The zero-order valence-corrected chi connectivity index (χ0v) is 18.8. The second-order valence-electron chi connectivity index (χ2n) is 7.11. The molecular formula is C24H16BrClN2O3. The number of carbonyl (C=O) groups is 1. The smallest absolute Gasteiger partial charge is 0.282 e. The highest BCUT2D eigenvalue weighted by atomic mass is 79.9. The van der Waals surface area contributed by atoms with Crippen LogP contribution in [0.3, 0.4) is 0 Å². The number of amides is 1. The summed E-state index contributed by atoms with van der Waals surface area (Å²) in [5.74, 6) is 1.67. The van der Waals surface area contributed by atoms with E-state index in [9.17, 15) is 4.79 Å². The number of nitrogens with zero attached hydrogens (tertiary/aromatic N) is 2. The number of fused-ring (bicyclic) bond motifs is 1. The van der Waals surface area contributed by atoms with Gasteiger partial charge in [-0.2, -0.15) is 0 Å². The molecule has 5 nitrogen and oxygen atoms in total. The number of anilines is 1. The summed E-state index contributed by atoms with van der Waals surface area (Å²) in [6.07, 6.45) is 1.75. The van der Waals surface area contributed by atoms with Crippen molar-refractivity contribution in [1.29, 1.82) is 0 Å². The Kier molecular flexibility index (Phi) is 5.04. The van der Waals surface area contributed by atoms with E-state index in [2.05, 4.69) is 15.9 Å². The third kappa shape index (κ3) is 3.62. The molecule has 2 heterocycles. The van der Waals surface area contributed by atoms with Crippen LogP contribution in [0.1, 0.15) is 16.7 Å². The minimum absolute atomic E-state index is 0.196. The average Bonchev–Trinajstić information content (AvgIpc) is 3.35. The molecule has 1 amide bonds. The number of hydrogen-bond donors (Lipinski definition) is 0. The van der Waals surface area contributed by atoms with Crippen LogP contribution in [0.25, 0.3) is 6.08 Å². The van der Waals surface area contributed by atoms with E-state index in [0.717, 1.165) is 21.2 Å². The largest absolute Gasteiger partial charge is 0.454 e. The van der Waals surface area contributed by atoms with Crippen molar-refractivity contribution in [3.05, 3.63) is 92.5 Å². The van der Waals surface area contributed by atoms with Gasteiger partial charge in [-0.1, -0.05) is 51.8 Å². The van der Waals surface area contributed by atoms with E-state index in [1.807, 2.05) is 61.5 Å². The first-order valence-electron chi connectivity index (χ1n) is 9.57. The zero-order chi connectivity index (χ0) is 21.5. The molecule has 5 rings (SSSR count). The van der Waals surface area contributed by atoms with Gasteiger partial charge in [0.1, 0.15) is 11.5 Å². The van der Waals surface area contributed by atoms with Gasteiger partial charge in [0.05, 0.1) is 5.69 Å². The highest BCUT2D eigenvalue weighted by Gasteiger charge is 2.33. The van der Waals surface area contributed by atoms with Crippen molar-refractivity contribution in [2.75, 3.05) is 11.7 Å². The van der Waals surface area contributed by atoms with Gasteiger partial charge in [0.25, 0.3) is 5.91 Å². The Hall–Kier alpha value is -3.09. The van der Waals surface area contributed by atoms with E-state index in [1.54, 1.807) is 17.0 Å². The molecule has 0 unspecified atom stereocenters. The predicted octanol–water partition coefficient (Wildman–Crippen LogP) is 5.97. The summed E-state index contributed by atoms with van der Waals surface area (Å²) in [7, 11) is 0. The molecule has 0 saturated heterocycles. The van der Waals surface area contributed by atoms with E-state index >= 15 is 0 Å². The van der Waals surface area contributed by atoms with E-state index in [1.165, 1.54) is 0 Å². The summed E-state index contributed by atoms with van der Waals surface area (Å²) in [6, 6.07) is 18.7. The van der Waals surface area contributed by atoms with Crippen LogP contribution in [0, 0.1) is 6.92 Å². The summed E-state index contributed by atoms with van der Waals surface area (Å²) < 4.78 is 11.8. The molecule has 0 N–H and O–H groups in total. The lowest BCUT2D eigenvalue weighted by Gasteiger charge is -2.21. The number of rotatable bonds is 3. The van der Waals surface area contributed by atoms with Gasteiger partial charge in [0.2, 0.25) is 6.79 Å². The molecule has 0 bridgehead atoms. The molecule has 154 valence electrons. The zero-order valence-electron chi connectivity index (χ0n) is 16.4. The van der Waals surface area contributed by atoms with Crippen LogP contribution < -0.4 is 14.4 Å². The maximum atomic E-state index is 13.5. The lowest BCUT2D eigenvalue weighted by atomic mass is 10.1. The SMILES string of the molecule is Cc1c(Cl)cccc1N1C(=O)/C(=C/c2ccc3c(c2)OCO3)N=C1c1ccc(Br)cc1. The van der Waals surface area contributed by atoms with Crippen molar-refractivity contribution < 1.29 is 14.3 Å². The Labute approximate surface area is 192 Å². The molecule has 3 aromatic rings. The standard InChI is InChI=1S/C24H16BrClN2O3/c1-14-18(26)3-2-4-20(14)28-23(16-6-8-17(25)9-7-16)27-19(24(28)29)11-15-5-10-21-22(12-15)31-13-30-21/h2-12H,13H2,1H3/b19-11-. The Morgan fingerprint density at radius 1 is 1.06 bits per heavy atom. The summed E-state index contributed by atoms with van der Waals surface area (Å²) in [6.45, 7) is 2.09. The Bertz CT molecular complexity index is 1270. The van der Waals surface area contributed by atoms with Gasteiger partial charge < -0.3 is 9.47 Å². The van der Waals surface area contributed by atoms with Crippen LogP contribution in [0.5, 0.6) is 11.5 Å². The molecule has 0 fully saturated rings. The summed E-state index contributed by atoms with van der Waals surface area (Å²) >= 11 is 9.81. The van der Waals surface area contributed by atoms with Gasteiger partial charge in [-0.15, -0.1) is 0 Å². The van der Waals surface area contributed by atoms with Gasteiger partial charge in [-0.05, 0) is 60.5 Å². The maximum absolute atomic E-state index is 13.5. The van der Waals surface area contributed by atoms with Crippen molar-refractivity contribution in [2.24, 2.45) is 4.99 Å². The second kappa shape index (κ2) is 7.87. The minimum Gasteiger partial charge on any atom is -0.454 e. The van der Waals surface area contributed by atoms with E-state index in [-0.39, 0.29) is 12.7 Å². The lowest BCUT2D eigenvalue weighted by Crippen LogP contribution is -2.33. The van der Waals surface area contributed by atoms with E-state index < -0.39 is 0 Å². The molecule has 0 atom stereocenters. The predicted molar refractivity (Wildman–Crippen MR) is 125 cm³/mol. The van der Waals surface area contributed by atoms with Crippen LogP contribution in [-0.2, 0) is 4.79 Å². The number of hydrogen-bond acceptors (Lipinski definition) is 4. The first-order valence-corrected chi connectivity index (χ1v) is 10.7. The molecule has 7 heteroatoms. The van der Waals surface area contributed by atoms with Crippen LogP contribution in [-0.4, -0.2) is 18.5 Å². The van der Waals surface area contributed by atoms with Gasteiger partial charge in [0, 0.05) is 15.1 Å². The molecule has 0 spiro atoms. The lowest BCUT2D eigenvalue weighted by molar-refractivity contribution is -0.113. The first kappa shape index (κ1) is 19.8. The fourth-order valence-electron chi connectivity index (χ4n) is 3.53. The van der Waals surface area contributed by atoms with E-state index in [4.69, 9.17) is 26.1 Å². The molecule has 0 aliphatic carbocycles. The van der Waals surface area contributed by atoms with Crippen LogP contribution in [0.15, 0.2) is 75.8 Å². The summed E-state index contributed by atoms with van der Waals surface area (Å²) in [4.78, 5) is 19.8. The summed E-state index contributed by atoms with van der Waals surface area (Å²) in [5, 5.41) is 0.591. The van der Waals surface area contributed by atoms with Crippen molar-refractivity contribution in [2.45, 2.75) is 6.92 Å². The summed E-state index contributed by atoms with van der Waals surface area (Å²) in [5.41, 5.74) is 3.47. The maximum Gasteiger partial charge on any atom is 0.282 e.